The van der Waals surface area contributed by atoms with Crippen molar-refractivity contribution in [3.05, 3.63) is 65.7 Å². The van der Waals surface area contributed by atoms with Crippen LogP contribution in [0.5, 0.6) is 5.75 Å². The first-order valence-electron chi connectivity index (χ1n) is 9.62. The number of methoxy groups -OCH3 is 1. The standard InChI is InChI=1S/C23H23ClN2O2S/c1-28-19-10-8-18(9-11-19)25-12-14-26(15-13-25)22(27)16-29-21-7-3-5-17-4-2-6-20(24)23(17)21/h2-11H,12-16H2,1H3. The number of anilines is 1. The molecule has 0 unspecified atom stereocenters. The Morgan fingerprint density at radius 2 is 1.69 bits per heavy atom. The van der Waals surface area contributed by atoms with Gasteiger partial charge in [-0.3, -0.25) is 4.79 Å². The third-order valence-corrected chi connectivity index (χ3v) is 6.59. The van der Waals surface area contributed by atoms with Crippen molar-refractivity contribution in [1.29, 1.82) is 0 Å². The van der Waals surface area contributed by atoms with Crippen molar-refractivity contribution in [3.63, 3.8) is 0 Å². The number of ether oxygens (including phenoxy) is 1. The largest absolute Gasteiger partial charge is 0.497 e. The van der Waals surface area contributed by atoms with Crippen LogP contribution in [-0.4, -0.2) is 49.8 Å². The summed E-state index contributed by atoms with van der Waals surface area (Å²) in [7, 11) is 1.67. The van der Waals surface area contributed by atoms with Crippen LogP contribution in [0, 0.1) is 0 Å². The normalized spacial score (nSPS) is 14.3. The van der Waals surface area contributed by atoms with E-state index in [0.29, 0.717) is 5.75 Å². The minimum Gasteiger partial charge on any atom is -0.497 e. The van der Waals surface area contributed by atoms with E-state index in [1.807, 2.05) is 53.4 Å². The summed E-state index contributed by atoms with van der Waals surface area (Å²) in [6.07, 6.45) is 0. The van der Waals surface area contributed by atoms with Crippen LogP contribution in [-0.2, 0) is 4.79 Å². The quantitative estimate of drug-likeness (QED) is 0.541. The van der Waals surface area contributed by atoms with Gasteiger partial charge in [0.2, 0.25) is 5.91 Å². The Balaban J connectivity index is 1.35. The summed E-state index contributed by atoms with van der Waals surface area (Å²) < 4.78 is 5.22. The number of thioether (sulfide) groups is 1. The van der Waals surface area contributed by atoms with Gasteiger partial charge < -0.3 is 14.5 Å². The summed E-state index contributed by atoms with van der Waals surface area (Å²) in [6.45, 7) is 3.15. The maximum Gasteiger partial charge on any atom is 0.233 e. The SMILES string of the molecule is COc1ccc(N2CCN(C(=O)CSc3cccc4cccc(Cl)c34)CC2)cc1. The number of fused-ring (bicyclic) bond motifs is 1. The first kappa shape index (κ1) is 19.9. The van der Waals surface area contributed by atoms with Crippen molar-refractivity contribution in [3.8, 4) is 5.75 Å². The number of halogens is 1. The van der Waals surface area contributed by atoms with Gasteiger partial charge in [-0.05, 0) is 41.8 Å². The molecule has 3 aromatic carbocycles. The minimum absolute atomic E-state index is 0.174. The Bertz CT molecular complexity index is 996. The van der Waals surface area contributed by atoms with Gasteiger partial charge in [-0.25, -0.2) is 0 Å². The van der Waals surface area contributed by atoms with Crippen molar-refractivity contribution in [2.75, 3.05) is 43.9 Å². The van der Waals surface area contributed by atoms with Crippen LogP contribution in [0.2, 0.25) is 5.02 Å². The molecule has 1 fully saturated rings. The third kappa shape index (κ3) is 4.46. The number of carbonyl (C=O) groups excluding carboxylic acids is 1. The number of nitrogens with zero attached hydrogens (tertiary/aromatic N) is 2. The maximum atomic E-state index is 12.8. The lowest BCUT2D eigenvalue weighted by Crippen LogP contribution is -2.49. The summed E-state index contributed by atoms with van der Waals surface area (Å²) >= 11 is 7.96. The first-order valence-corrected chi connectivity index (χ1v) is 11.0. The molecule has 0 atom stereocenters. The summed E-state index contributed by atoms with van der Waals surface area (Å²) in [5.41, 5.74) is 1.16. The summed E-state index contributed by atoms with van der Waals surface area (Å²) in [4.78, 5) is 18.1. The molecular weight excluding hydrogens is 404 g/mol. The zero-order valence-electron chi connectivity index (χ0n) is 16.3. The average Bonchev–Trinajstić information content (AvgIpc) is 2.78. The number of rotatable bonds is 5. The van der Waals surface area contributed by atoms with Gasteiger partial charge in [0.1, 0.15) is 5.75 Å². The molecule has 0 N–H and O–H groups in total. The molecule has 0 aromatic heterocycles. The molecule has 1 heterocycles. The lowest BCUT2D eigenvalue weighted by Gasteiger charge is -2.36. The Labute approximate surface area is 180 Å². The summed E-state index contributed by atoms with van der Waals surface area (Å²) in [6, 6.07) is 20.1. The summed E-state index contributed by atoms with van der Waals surface area (Å²) in [5.74, 6) is 1.45. The van der Waals surface area contributed by atoms with E-state index in [1.54, 1.807) is 18.9 Å². The van der Waals surface area contributed by atoms with Crippen molar-refractivity contribution in [2.45, 2.75) is 4.90 Å². The van der Waals surface area contributed by atoms with Crippen molar-refractivity contribution in [1.82, 2.24) is 4.90 Å². The molecular formula is C23H23ClN2O2S. The van der Waals surface area contributed by atoms with Gasteiger partial charge in [0.15, 0.2) is 0 Å². The average molecular weight is 427 g/mol. The van der Waals surface area contributed by atoms with Gasteiger partial charge in [-0.15, -0.1) is 11.8 Å². The van der Waals surface area contributed by atoms with Crippen molar-refractivity contribution < 1.29 is 9.53 Å². The molecule has 1 aliphatic heterocycles. The van der Waals surface area contributed by atoms with E-state index in [0.717, 1.165) is 58.3 Å². The molecule has 0 bridgehead atoms. The number of benzene rings is 3. The molecule has 3 aromatic rings. The van der Waals surface area contributed by atoms with Crippen LogP contribution in [0.4, 0.5) is 5.69 Å². The van der Waals surface area contributed by atoms with Crippen LogP contribution in [0.3, 0.4) is 0 Å². The van der Waals surface area contributed by atoms with E-state index in [4.69, 9.17) is 16.3 Å². The van der Waals surface area contributed by atoms with Gasteiger partial charge in [0.05, 0.1) is 12.9 Å². The molecule has 1 saturated heterocycles. The molecule has 0 radical (unpaired) electrons. The topological polar surface area (TPSA) is 32.8 Å². The smallest absolute Gasteiger partial charge is 0.233 e. The zero-order chi connectivity index (χ0) is 20.2. The predicted molar refractivity (Wildman–Crippen MR) is 121 cm³/mol. The van der Waals surface area contributed by atoms with E-state index in [1.165, 1.54) is 0 Å². The molecule has 0 spiro atoms. The number of amides is 1. The highest BCUT2D eigenvalue weighted by Crippen LogP contribution is 2.33. The van der Waals surface area contributed by atoms with Crippen LogP contribution < -0.4 is 9.64 Å². The van der Waals surface area contributed by atoms with Gasteiger partial charge in [0.25, 0.3) is 0 Å². The number of carbonyl (C=O) groups is 1. The second kappa shape index (κ2) is 8.97. The van der Waals surface area contributed by atoms with E-state index in [9.17, 15) is 4.79 Å². The van der Waals surface area contributed by atoms with Gasteiger partial charge in [-0.1, -0.05) is 35.9 Å². The zero-order valence-corrected chi connectivity index (χ0v) is 17.9. The minimum atomic E-state index is 0.174. The monoisotopic (exact) mass is 426 g/mol. The van der Waals surface area contributed by atoms with Gasteiger partial charge >= 0.3 is 0 Å². The van der Waals surface area contributed by atoms with Crippen LogP contribution in [0.1, 0.15) is 0 Å². The van der Waals surface area contributed by atoms with Gasteiger partial charge in [-0.2, -0.15) is 0 Å². The predicted octanol–water partition coefficient (Wildman–Crippen LogP) is 4.94. The Hall–Kier alpha value is -2.37. The fraction of sp³-hybridized carbons (Fsp3) is 0.261. The second-order valence-corrected chi connectivity index (χ2v) is 8.37. The second-order valence-electron chi connectivity index (χ2n) is 6.95. The highest BCUT2D eigenvalue weighted by Gasteiger charge is 2.21. The molecule has 0 aliphatic carbocycles. The van der Waals surface area contributed by atoms with E-state index in [-0.39, 0.29) is 5.91 Å². The lowest BCUT2D eigenvalue weighted by atomic mass is 10.1. The highest BCUT2D eigenvalue weighted by atomic mass is 35.5. The number of hydrogen-bond acceptors (Lipinski definition) is 4. The molecule has 0 saturated carbocycles. The van der Waals surface area contributed by atoms with Crippen LogP contribution in [0.15, 0.2) is 65.6 Å². The fourth-order valence-corrected chi connectivity index (χ4v) is 4.97. The highest BCUT2D eigenvalue weighted by molar-refractivity contribution is 8.00. The van der Waals surface area contributed by atoms with Crippen LogP contribution in [0.25, 0.3) is 10.8 Å². The molecule has 6 heteroatoms. The lowest BCUT2D eigenvalue weighted by molar-refractivity contribution is -0.128. The number of hydrogen-bond donors (Lipinski definition) is 0. The molecule has 4 nitrogen and oxygen atoms in total. The molecule has 150 valence electrons. The molecule has 1 aliphatic rings. The Morgan fingerprint density at radius 3 is 2.38 bits per heavy atom. The number of piperazine rings is 1. The summed E-state index contributed by atoms with van der Waals surface area (Å²) in [5, 5.41) is 2.85. The molecule has 1 amide bonds. The fourth-order valence-electron chi connectivity index (χ4n) is 3.62. The Morgan fingerprint density at radius 1 is 1.00 bits per heavy atom. The molecule has 4 rings (SSSR count). The molecule has 29 heavy (non-hydrogen) atoms. The van der Waals surface area contributed by atoms with Crippen molar-refractivity contribution in [2.24, 2.45) is 0 Å². The van der Waals surface area contributed by atoms with E-state index >= 15 is 0 Å². The van der Waals surface area contributed by atoms with Crippen LogP contribution >= 0.6 is 23.4 Å². The van der Waals surface area contributed by atoms with Gasteiger partial charge in [0, 0.05) is 47.2 Å². The maximum absolute atomic E-state index is 12.8. The Kier molecular flexibility index (Phi) is 6.16. The van der Waals surface area contributed by atoms with Crippen molar-refractivity contribution >= 4 is 45.7 Å². The van der Waals surface area contributed by atoms with E-state index < -0.39 is 0 Å². The third-order valence-electron chi connectivity index (χ3n) is 5.24. The first-order chi connectivity index (χ1) is 14.2. The van der Waals surface area contributed by atoms with E-state index in [2.05, 4.69) is 17.0 Å².